The van der Waals surface area contributed by atoms with Gasteiger partial charge in [0.15, 0.2) is 0 Å². The lowest BCUT2D eigenvalue weighted by Gasteiger charge is -2.39. The lowest BCUT2D eigenvalue weighted by atomic mass is 10.0. The van der Waals surface area contributed by atoms with Gasteiger partial charge in [-0.15, -0.1) is 0 Å². The standard InChI is InChI=1S/C17H26N2/c1-3-7-15-12-19(13(2)11-18-15)17-10-16(17)14-8-5-4-6-9-14/h4-6,8-9,13,15-18H,3,7,10-12H2,1-2H3. The molecule has 0 aromatic heterocycles. The van der Waals surface area contributed by atoms with Crippen LogP contribution in [0.15, 0.2) is 30.3 Å². The maximum Gasteiger partial charge on any atom is 0.0196 e. The smallest absolute Gasteiger partial charge is 0.0196 e. The van der Waals surface area contributed by atoms with E-state index in [2.05, 4.69) is 54.4 Å². The van der Waals surface area contributed by atoms with Gasteiger partial charge in [0, 0.05) is 37.1 Å². The summed E-state index contributed by atoms with van der Waals surface area (Å²) in [5.41, 5.74) is 1.53. The van der Waals surface area contributed by atoms with E-state index in [0.29, 0.717) is 12.1 Å². The van der Waals surface area contributed by atoms with Crippen LogP contribution in [-0.2, 0) is 0 Å². The van der Waals surface area contributed by atoms with Gasteiger partial charge in [0.1, 0.15) is 0 Å². The molecule has 1 aromatic carbocycles. The monoisotopic (exact) mass is 258 g/mol. The fourth-order valence-corrected chi connectivity index (χ4v) is 3.56. The number of nitrogens with zero attached hydrogens (tertiary/aromatic N) is 1. The summed E-state index contributed by atoms with van der Waals surface area (Å²) < 4.78 is 0. The predicted octanol–water partition coefficient (Wildman–Crippen LogP) is 3.00. The van der Waals surface area contributed by atoms with Crippen molar-refractivity contribution in [2.45, 2.75) is 57.2 Å². The number of piperazine rings is 1. The van der Waals surface area contributed by atoms with Crippen molar-refractivity contribution in [1.29, 1.82) is 0 Å². The minimum Gasteiger partial charge on any atom is -0.311 e. The van der Waals surface area contributed by atoms with Crippen LogP contribution in [0.5, 0.6) is 0 Å². The van der Waals surface area contributed by atoms with Crippen LogP contribution >= 0.6 is 0 Å². The van der Waals surface area contributed by atoms with Crippen molar-refractivity contribution in [3.05, 3.63) is 35.9 Å². The number of nitrogens with one attached hydrogen (secondary N) is 1. The molecule has 1 saturated heterocycles. The SMILES string of the molecule is CCCC1CN(C2CC2c2ccccc2)C(C)CN1. The van der Waals surface area contributed by atoms with Crippen LogP contribution in [0, 0.1) is 0 Å². The van der Waals surface area contributed by atoms with Crippen LogP contribution in [0.4, 0.5) is 0 Å². The first-order chi connectivity index (χ1) is 9.29. The summed E-state index contributed by atoms with van der Waals surface area (Å²) >= 11 is 0. The van der Waals surface area contributed by atoms with Gasteiger partial charge < -0.3 is 5.32 Å². The van der Waals surface area contributed by atoms with Gasteiger partial charge in [-0.05, 0) is 25.3 Å². The minimum absolute atomic E-state index is 0.687. The van der Waals surface area contributed by atoms with E-state index in [9.17, 15) is 0 Å². The molecule has 104 valence electrons. The third-order valence-electron chi connectivity index (χ3n) is 4.75. The summed E-state index contributed by atoms with van der Waals surface area (Å²) in [6.07, 6.45) is 3.95. The van der Waals surface area contributed by atoms with Gasteiger partial charge in [-0.3, -0.25) is 4.90 Å². The fraction of sp³-hybridized carbons (Fsp3) is 0.647. The summed E-state index contributed by atoms with van der Waals surface area (Å²) in [6.45, 7) is 7.05. The molecule has 1 saturated carbocycles. The van der Waals surface area contributed by atoms with Crippen molar-refractivity contribution >= 4 is 0 Å². The van der Waals surface area contributed by atoms with E-state index in [1.54, 1.807) is 0 Å². The Morgan fingerprint density at radius 2 is 2.05 bits per heavy atom. The zero-order chi connectivity index (χ0) is 13.2. The average molecular weight is 258 g/mol. The Labute approximate surface area is 117 Å². The van der Waals surface area contributed by atoms with Crippen LogP contribution < -0.4 is 5.32 Å². The van der Waals surface area contributed by atoms with Gasteiger partial charge in [-0.2, -0.15) is 0 Å². The topological polar surface area (TPSA) is 15.3 Å². The van der Waals surface area contributed by atoms with Crippen LogP contribution in [0.3, 0.4) is 0 Å². The quantitative estimate of drug-likeness (QED) is 0.893. The molecule has 0 bridgehead atoms. The maximum atomic E-state index is 3.70. The highest BCUT2D eigenvalue weighted by Gasteiger charge is 2.45. The first kappa shape index (κ1) is 13.1. The molecule has 1 aliphatic heterocycles. The number of benzene rings is 1. The minimum atomic E-state index is 0.687. The van der Waals surface area contributed by atoms with Crippen molar-refractivity contribution in [2.75, 3.05) is 13.1 Å². The molecule has 1 aromatic rings. The van der Waals surface area contributed by atoms with Gasteiger partial charge in [-0.1, -0.05) is 43.7 Å². The lowest BCUT2D eigenvalue weighted by Crippen LogP contribution is -2.56. The predicted molar refractivity (Wildman–Crippen MR) is 80.5 cm³/mol. The molecule has 1 N–H and O–H groups in total. The normalized spacial score (nSPS) is 35.3. The van der Waals surface area contributed by atoms with E-state index < -0.39 is 0 Å². The summed E-state index contributed by atoms with van der Waals surface area (Å²) in [4.78, 5) is 2.76. The molecule has 3 rings (SSSR count). The van der Waals surface area contributed by atoms with E-state index in [0.717, 1.165) is 18.5 Å². The van der Waals surface area contributed by atoms with Crippen LogP contribution in [0.25, 0.3) is 0 Å². The van der Waals surface area contributed by atoms with Crippen molar-refractivity contribution in [3.8, 4) is 0 Å². The van der Waals surface area contributed by atoms with Gasteiger partial charge in [0.05, 0.1) is 0 Å². The summed E-state index contributed by atoms with van der Waals surface area (Å²) in [5, 5.41) is 3.70. The van der Waals surface area contributed by atoms with Gasteiger partial charge in [-0.25, -0.2) is 0 Å². The Morgan fingerprint density at radius 3 is 2.79 bits per heavy atom. The van der Waals surface area contributed by atoms with E-state index in [1.807, 2.05) is 0 Å². The zero-order valence-electron chi connectivity index (χ0n) is 12.2. The van der Waals surface area contributed by atoms with Gasteiger partial charge >= 0.3 is 0 Å². The number of hydrogen-bond acceptors (Lipinski definition) is 2. The average Bonchev–Trinajstić information content (AvgIpc) is 3.22. The van der Waals surface area contributed by atoms with Crippen molar-refractivity contribution in [3.63, 3.8) is 0 Å². The highest BCUT2D eigenvalue weighted by atomic mass is 15.3. The Balaban J connectivity index is 1.63. The Bertz CT molecular complexity index is 403. The van der Waals surface area contributed by atoms with E-state index in [1.165, 1.54) is 31.4 Å². The molecular weight excluding hydrogens is 232 g/mol. The number of rotatable bonds is 4. The van der Waals surface area contributed by atoms with Crippen LogP contribution in [0.1, 0.15) is 44.6 Å². The molecule has 2 nitrogen and oxygen atoms in total. The molecule has 2 aliphatic rings. The van der Waals surface area contributed by atoms with E-state index >= 15 is 0 Å². The van der Waals surface area contributed by atoms with Gasteiger partial charge in [0.2, 0.25) is 0 Å². The van der Waals surface area contributed by atoms with Crippen LogP contribution in [-0.4, -0.2) is 36.1 Å². The molecule has 0 radical (unpaired) electrons. The van der Waals surface area contributed by atoms with E-state index in [4.69, 9.17) is 0 Å². The second-order valence-electron chi connectivity index (χ2n) is 6.26. The third kappa shape index (κ3) is 2.85. The molecule has 2 heteroatoms. The molecule has 2 fully saturated rings. The molecule has 1 heterocycles. The Morgan fingerprint density at radius 1 is 1.26 bits per heavy atom. The second kappa shape index (κ2) is 5.64. The summed E-state index contributed by atoms with van der Waals surface area (Å²) in [7, 11) is 0. The molecule has 0 spiro atoms. The molecule has 4 unspecified atom stereocenters. The van der Waals surface area contributed by atoms with Crippen molar-refractivity contribution in [2.24, 2.45) is 0 Å². The second-order valence-corrected chi connectivity index (χ2v) is 6.26. The van der Waals surface area contributed by atoms with E-state index in [-0.39, 0.29) is 0 Å². The first-order valence-corrected chi connectivity index (χ1v) is 7.83. The largest absolute Gasteiger partial charge is 0.311 e. The maximum absolute atomic E-state index is 3.70. The van der Waals surface area contributed by atoms with Crippen molar-refractivity contribution in [1.82, 2.24) is 10.2 Å². The summed E-state index contributed by atoms with van der Waals surface area (Å²) in [6, 6.07) is 13.2. The molecule has 1 aliphatic carbocycles. The highest BCUT2D eigenvalue weighted by Crippen LogP contribution is 2.45. The molecular formula is C17H26N2. The Hall–Kier alpha value is -0.860. The number of hydrogen-bond donors (Lipinski definition) is 1. The third-order valence-corrected chi connectivity index (χ3v) is 4.75. The van der Waals surface area contributed by atoms with Gasteiger partial charge in [0.25, 0.3) is 0 Å². The fourth-order valence-electron chi connectivity index (χ4n) is 3.56. The van der Waals surface area contributed by atoms with Crippen LogP contribution in [0.2, 0.25) is 0 Å². The Kier molecular flexibility index (Phi) is 3.90. The highest BCUT2D eigenvalue weighted by molar-refractivity contribution is 5.28. The molecule has 19 heavy (non-hydrogen) atoms. The summed E-state index contributed by atoms with van der Waals surface area (Å²) in [5.74, 6) is 0.782. The molecule has 0 amide bonds. The zero-order valence-corrected chi connectivity index (χ0v) is 12.2. The lowest BCUT2D eigenvalue weighted by molar-refractivity contribution is 0.126. The van der Waals surface area contributed by atoms with Crippen molar-refractivity contribution < 1.29 is 0 Å². The molecule has 4 atom stereocenters. The first-order valence-electron chi connectivity index (χ1n) is 7.83.